The standard InChI is InChI=1S/C7H10INO/c1-5-6(3-8)2-7(10)4-9-5/h4,6,10H,2-3H2,1H3. The fourth-order valence-corrected chi connectivity index (χ4v) is 1.85. The molecule has 0 saturated heterocycles. The Labute approximate surface area is 74.2 Å². The molecule has 1 N–H and O–H groups in total. The number of aliphatic hydroxyl groups is 1. The van der Waals surface area contributed by atoms with Crippen LogP contribution in [0, 0.1) is 5.92 Å². The number of rotatable bonds is 1. The molecule has 1 heterocycles. The number of aliphatic imine (C=N–C) groups is 1. The lowest BCUT2D eigenvalue weighted by atomic mass is 10.0. The highest BCUT2D eigenvalue weighted by Gasteiger charge is 2.15. The topological polar surface area (TPSA) is 32.6 Å². The van der Waals surface area contributed by atoms with E-state index in [-0.39, 0.29) is 0 Å². The SMILES string of the molecule is CC1=NC=C(O)CC1CI. The van der Waals surface area contributed by atoms with E-state index in [1.165, 1.54) is 6.20 Å². The van der Waals surface area contributed by atoms with Gasteiger partial charge in [-0.25, -0.2) is 0 Å². The second-order valence-corrected chi connectivity index (χ2v) is 3.33. The maximum atomic E-state index is 9.08. The second kappa shape index (κ2) is 3.37. The first-order valence-electron chi connectivity index (χ1n) is 3.22. The molecule has 0 bridgehead atoms. The van der Waals surface area contributed by atoms with Crippen molar-refractivity contribution in [2.24, 2.45) is 10.9 Å². The molecule has 1 aliphatic heterocycles. The first-order valence-corrected chi connectivity index (χ1v) is 4.75. The molecule has 1 rings (SSSR count). The summed E-state index contributed by atoms with van der Waals surface area (Å²) < 4.78 is 1.03. The minimum atomic E-state index is 0.410. The molecule has 0 aromatic rings. The molecule has 0 saturated carbocycles. The van der Waals surface area contributed by atoms with Gasteiger partial charge >= 0.3 is 0 Å². The van der Waals surface area contributed by atoms with Gasteiger partial charge in [-0.05, 0) is 6.92 Å². The van der Waals surface area contributed by atoms with Gasteiger partial charge in [0.15, 0.2) is 0 Å². The maximum Gasteiger partial charge on any atom is 0.111 e. The Morgan fingerprint density at radius 2 is 2.60 bits per heavy atom. The number of hydrogen-bond donors (Lipinski definition) is 1. The Morgan fingerprint density at radius 3 is 3.10 bits per heavy atom. The number of aliphatic hydroxyl groups excluding tert-OH is 1. The largest absolute Gasteiger partial charge is 0.511 e. The summed E-state index contributed by atoms with van der Waals surface area (Å²) >= 11 is 2.31. The van der Waals surface area contributed by atoms with E-state index in [4.69, 9.17) is 5.11 Å². The zero-order valence-electron chi connectivity index (χ0n) is 5.84. The highest BCUT2D eigenvalue weighted by Crippen LogP contribution is 2.18. The van der Waals surface area contributed by atoms with Gasteiger partial charge in [0.05, 0.1) is 6.20 Å². The van der Waals surface area contributed by atoms with Crippen LogP contribution in [0.5, 0.6) is 0 Å². The average Bonchev–Trinajstić information content (AvgIpc) is 1.94. The Kier molecular flexibility index (Phi) is 2.71. The lowest BCUT2D eigenvalue weighted by Gasteiger charge is -2.15. The summed E-state index contributed by atoms with van der Waals surface area (Å²) in [6, 6.07) is 0. The van der Waals surface area contributed by atoms with Crippen molar-refractivity contribution < 1.29 is 5.11 Å². The Balaban J connectivity index is 2.68. The second-order valence-electron chi connectivity index (χ2n) is 2.45. The van der Waals surface area contributed by atoms with E-state index in [2.05, 4.69) is 27.6 Å². The maximum absolute atomic E-state index is 9.08. The number of nitrogens with zero attached hydrogens (tertiary/aromatic N) is 1. The van der Waals surface area contributed by atoms with Gasteiger partial charge in [0.25, 0.3) is 0 Å². The Hall–Kier alpha value is -0.0600. The number of allylic oxidation sites excluding steroid dienone is 1. The third-order valence-corrected chi connectivity index (χ3v) is 2.71. The summed E-state index contributed by atoms with van der Waals surface area (Å²) in [6.07, 6.45) is 2.30. The van der Waals surface area contributed by atoms with Crippen molar-refractivity contribution in [3.8, 4) is 0 Å². The molecule has 1 atom stereocenters. The summed E-state index contributed by atoms with van der Waals surface area (Å²) in [4.78, 5) is 4.06. The zero-order chi connectivity index (χ0) is 7.56. The summed E-state index contributed by atoms with van der Waals surface area (Å²) in [6.45, 7) is 2.01. The molecule has 2 nitrogen and oxygen atoms in total. The Morgan fingerprint density at radius 1 is 1.90 bits per heavy atom. The van der Waals surface area contributed by atoms with Crippen LogP contribution in [0.25, 0.3) is 0 Å². The van der Waals surface area contributed by atoms with Crippen molar-refractivity contribution in [1.29, 1.82) is 0 Å². The van der Waals surface area contributed by atoms with Gasteiger partial charge in [0.2, 0.25) is 0 Å². The van der Waals surface area contributed by atoms with Crippen molar-refractivity contribution in [2.45, 2.75) is 13.3 Å². The van der Waals surface area contributed by atoms with Gasteiger partial charge in [0.1, 0.15) is 5.76 Å². The van der Waals surface area contributed by atoms with Crippen LogP contribution in [0.2, 0.25) is 0 Å². The van der Waals surface area contributed by atoms with Crippen LogP contribution in [-0.2, 0) is 0 Å². The summed E-state index contributed by atoms with van der Waals surface area (Å²) in [5.74, 6) is 0.859. The van der Waals surface area contributed by atoms with Crippen molar-refractivity contribution in [3.05, 3.63) is 12.0 Å². The molecule has 0 radical (unpaired) electrons. The molecular formula is C7H10INO. The normalized spacial score (nSPS) is 25.6. The predicted octanol–water partition coefficient (Wildman–Crippen LogP) is 2.30. The third kappa shape index (κ3) is 1.71. The zero-order valence-corrected chi connectivity index (χ0v) is 8.00. The van der Waals surface area contributed by atoms with Gasteiger partial charge in [0, 0.05) is 22.5 Å². The van der Waals surface area contributed by atoms with Crippen LogP contribution in [0.1, 0.15) is 13.3 Å². The molecule has 56 valence electrons. The third-order valence-electron chi connectivity index (χ3n) is 1.65. The molecule has 0 fully saturated rings. The minimum absolute atomic E-state index is 0.410. The monoisotopic (exact) mass is 251 g/mol. The molecule has 0 aliphatic carbocycles. The number of halogens is 1. The van der Waals surface area contributed by atoms with Gasteiger partial charge in [-0.3, -0.25) is 4.99 Å². The van der Waals surface area contributed by atoms with Crippen LogP contribution in [-0.4, -0.2) is 15.2 Å². The molecule has 1 unspecified atom stereocenters. The molecule has 10 heavy (non-hydrogen) atoms. The molecular weight excluding hydrogens is 241 g/mol. The first kappa shape index (κ1) is 8.04. The molecule has 1 aliphatic rings. The highest BCUT2D eigenvalue weighted by atomic mass is 127. The van der Waals surface area contributed by atoms with E-state index < -0.39 is 0 Å². The van der Waals surface area contributed by atoms with Gasteiger partial charge in [-0.1, -0.05) is 22.6 Å². The van der Waals surface area contributed by atoms with Gasteiger partial charge < -0.3 is 5.11 Å². The quantitative estimate of drug-likeness (QED) is 0.562. The summed E-state index contributed by atoms with van der Waals surface area (Å²) in [5.41, 5.74) is 1.13. The van der Waals surface area contributed by atoms with E-state index in [0.29, 0.717) is 11.7 Å². The van der Waals surface area contributed by atoms with Crippen LogP contribution < -0.4 is 0 Å². The summed E-state index contributed by atoms with van der Waals surface area (Å²) in [5, 5.41) is 9.08. The lowest BCUT2D eigenvalue weighted by Crippen LogP contribution is -2.16. The van der Waals surface area contributed by atoms with Gasteiger partial charge in [-0.15, -0.1) is 0 Å². The van der Waals surface area contributed by atoms with E-state index in [1.54, 1.807) is 0 Å². The molecule has 0 spiro atoms. The molecule has 3 heteroatoms. The molecule has 0 amide bonds. The highest BCUT2D eigenvalue weighted by molar-refractivity contribution is 14.1. The van der Waals surface area contributed by atoms with Crippen LogP contribution in [0.3, 0.4) is 0 Å². The smallest absolute Gasteiger partial charge is 0.111 e. The van der Waals surface area contributed by atoms with Crippen molar-refractivity contribution in [1.82, 2.24) is 0 Å². The lowest BCUT2D eigenvalue weighted by molar-refractivity contribution is 0.372. The van der Waals surface area contributed by atoms with Gasteiger partial charge in [-0.2, -0.15) is 0 Å². The summed E-state index contributed by atoms with van der Waals surface area (Å²) in [7, 11) is 0. The number of hydrogen-bond acceptors (Lipinski definition) is 2. The fourth-order valence-electron chi connectivity index (χ4n) is 0.901. The van der Waals surface area contributed by atoms with Crippen LogP contribution >= 0.6 is 22.6 Å². The van der Waals surface area contributed by atoms with E-state index in [1.807, 2.05) is 6.92 Å². The van der Waals surface area contributed by atoms with Crippen molar-refractivity contribution in [3.63, 3.8) is 0 Å². The van der Waals surface area contributed by atoms with E-state index in [9.17, 15) is 0 Å². The number of alkyl halides is 1. The van der Waals surface area contributed by atoms with Crippen molar-refractivity contribution >= 4 is 28.3 Å². The molecule has 0 aromatic heterocycles. The molecule has 0 aromatic carbocycles. The van der Waals surface area contributed by atoms with Crippen LogP contribution in [0.4, 0.5) is 0 Å². The van der Waals surface area contributed by atoms with E-state index >= 15 is 0 Å². The fraction of sp³-hybridized carbons (Fsp3) is 0.571. The predicted molar refractivity (Wildman–Crippen MR) is 50.8 cm³/mol. The van der Waals surface area contributed by atoms with Crippen LogP contribution in [0.15, 0.2) is 17.0 Å². The minimum Gasteiger partial charge on any atom is -0.511 e. The Bertz CT molecular complexity index is 186. The first-order chi connectivity index (χ1) is 4.74. The average molecular weight is 251 g/mol. The van der Waals surface area contributed by atoms with Crippen molar-refractivity contribution in [2.75, 3.05) is 4.43 Å². The van der Waals surface area contributed by atoms with E-state index in [0.717, 1.165) is 16.6 Å².